The van der Waals surface area contributed by atoms with Crippen LogP contribution in [-0.2, 0) is 4.74 Å². The van der Waals surface area contributed by atoms with Crippen LogP contribution in [0.2, 0.25) is 5.15 Å². The zero-order chi connectivity index (χ0) is 12.8. The predicted molar refractivity (Wildman–Crippen MR) is 62.2 cm³/mol. The number of aromatic nitrogens is 4. The maximum Gasteiger partial charge on any atom is 0.165 e. The summed E-state index contributed by atoms with van der Waals surface area (Å²) in [6.45, 7) is -0.0348. The molecule has 7 nitrogen and oxygen atoms in total. The minimum absolute atomic E-state index is 0.0760. The molecule has 2 aromatic heterocycles. The van der Waals surface area contributed by atoms with Crippen LogP contribution in [0.15, 0.2) is 12.7 Å². The maximum atomic E-state index is 10.3. The fourth-order valence-electron chi connectivity index (χ4n) is 2.14. The summed E-state index contributed by atoms with van der Waals surface area (Å²) in [7, 11) is 0. The summed E-state index contributed by atoms with van der Waals surface area (Å²) >= 11 is 5.91. The minimum atomic E-state index is -1.33. The van der Waals surface area contributed by atoms with Crippen molar-refractivity contribution >= 4 is 22.8 Å². The molecule has 3 rings (SSSR count). The van der Waals surface area contributed by atoms with Gasteiger partial charge in [-0.15, -0.1) is 0 Å². The van der Waals surface area contributed by atoms with Crippen LogP contribution >= 0.6 is 11.6 Å². The van der Waals surface area contributed by atoms with Crippen molar-refractivity contribution in [2.45, 2.75) is 11.6 Å². The Hall–Kier alpha value is -1.28. The summed E-state index contributed by atoms with van der Waals surface area (Å²) in [6, 6.07) is -0.446. The second-order valence-electron chi connectivity index (χ2n) is 4.28. The van der Waals surface area contributed by atoms with Gasteiger partial charge in [0.2, 0.25) is 0 Å². The molecule has 0 spiro atoms. The van der Waals surface area contributed by atoms with Crippen molar-refractivity contribution in [3.63, 3.8) is 0 Å². The van der Waals surface area contributed by atoms with E-state index in [-0.39, 0.29) is 18.4 Å². The topological polar surface area (TPSA) is 93.3 Å². The number of nitrogens with zero attached hydrogens (tertiary/aromatic N) is 4. The van der Waals surface area contributed by atoms with Gasteiger partial charge in [-0.1, -0.05) is 11.6 Å². The molecule has 96 valence electrons. The van der Waals surface area contributed by atoms with E-state index in [4.69, 9.17) is 16.3 Å². The monoisotopic (exact) mass is 270 g/mol. The van der Waals surface area contributed by atoms with Crippen molar-refractivity contribution < 1.29 is 14.9 Å². The Balaban J connectivity index is 2.12. The van der Waals surface area contributed by atoms with Gasteiger partial charge in [-0.3, -0.25) is 0 Å². The van der Waals surface area contributed by atoms with Crippen molar-refractivity contribution in [3.8, 4) is 0 Å². The van der Waals surface area contributed by atoms with Crippen molar-refractivity contribution in [1.29, 1.82) is 0 Å². The molecule has 0 aromatic carbocycles. The number of aliphatic hydroxyl groups excluding tert-OH is 1. The summed E-state index contributed by atoms with van der Waals surface area (Å²) in [6.07, 6.45) is 2.85. The molecule has 2 atom stereocenters. The van der Waals surface area contributed by atoms with Gasteiger partial charge in [0, 0.05) is 0 Å². The molecule has 0 bridgehead atoms. The third-order valence-electron chi connectivity index (χ3n) is 3.17. The molecule has 1 saturated heterocycles. The van der Waals surface area contributed by atoms with E-state index < -0.39 is 18.2 Å². The Kier molecular flexibility index (Phi) is 2.70. The molecule has 0 aliphatic carbocycles. The molecular formula is C10H11ClN4O3. The summed E-state index contributed by atoms with van der Waals surface area (Å²) in [4.78, 5) is 12.1. The smallest absolute Gasteiger partial charge is 0.165 e. The molecule has 0 radical (unpaired) electrons. The van der Waals surface area contributed by atoms with E-state index >= 15 is 0 Å². The van der Waals surface area contributed by atoms with Crippen LogP contribution in [-0.4, -0.2) is 55.2 Å². The van der Waals surface area contributed by atoms with Crippen LogP contribution < -0.4 is 0 Å². The van der Waals surface area contributed by atoms with E-state index in [2.05, 4.69) is 15.0 Å². The molecule has 1 fully saturated rings. The molecule has 18 heavy (non-hydrogen) atoms. The van der Waals surface area contributed by atoms with Gasteiger partial charge in [0.1, 0.15) is 17.4 Å². The number of imidazole rings is 1. The molecule has 0 amide bonds. The number of halogens is 1. The van der Waals surface area contributed by atoms with Crippen LogP contribution in [0.4, 0.5) is 0 Å². The molecule has 3 heterocycles. The maximum absolute atomic E-state index is 10.3. The number of aliphatic hydroxyl groups is 2. The molecule has 1 aliphatic heterocycles. The van der Waals surface area contributed by atoms with E-state index in [0.717, 1.165) is 0 Å². The third-order valence-corrected chi connectivity index (χ3v) is 3.45. The first kappa shape index (κ1) is 11.8. The standard InChI is InChI=1S/C10H11ClN4O3/c11-8-7-9(13-4-12-8)15(5-14-7)6-1-18-3-10(6,17)2-16/h4-6,16-17H,1-3H2/t6-,10-/m0/s1. The Morgan fingerprint density at radius 2 is 2.33 bits per heavy atom. The Labute approximate surface area is 107 Å². The van der Waals surface area contributed by atoms with Gasteiger partial charge in [-0.05, 0) is 0 Å². The zero-order valence-electron chi connectivity index (χ0n) is 9.32. The van der Waals surface area contributed by atoms with Crippen molar-refractivity contribution in [1.82, 2.24) is 19.5 Å². The second kappa shape index (κ2) is 4.13. The fraction of sp³-hybridized carbons (Fsp3) is 0.500. The van der Waals surface area contributed by atoms with E-state index in [1.165, 1.54) is 12.7 Å². The van der Waals surface area contributed by atoms with E-state index in [1.54, 1.807) is 4.57 Å². The van der Waals surface area contributed by atoms with Gasteiger partial charge < -0.3 is 19.5 Å². The van der Waals surface area contributed by atoms with Crippen LogP contribution in [0, 0.1) is 0 Å². The van der Waals surface area contributed by atoms with Gasteiger partial charge in [-0.25, -0.2) is 15.0 Å². The fourth-order valence-corrected chi connectivity index (χ4v) is 2.32. The van der Waals surface area contributed by atoms with Gasteiger partial charge in [-0.2, -0.15) is 0 Å². The highest BCUT2D eigenvalue weighted by Gasteiger charge is 2.44. The first-order valence-corrected chi connectivity index (χ1v) is 5.77. The quantitative estimate of drug-likeness (QED) is 0.733. The molecular weight excluding hydrogens is 260 g/mol. The molecule has 2 aromatic rings. The van der Waals surface area contributed by atoms with Crippen LogP contribution in [0.5, 0.6) is 0 Å². The van der Waals surface area contributed by atoms with Crippen LogP contribution in [0.25, 0.3) is 11.2 Å². The zero-order valence-corrected chi connectivity index (χ0v) is 10.1. The average Bonchev–Trinajstić information content (AvgIpc) is 2.94. The summed E-state index contributed by atoms with van der Waals surface area (Å²) in [5, 5.41) is 19.8. The Bertz CT molecular complexity index is 590. The first-order valence-electron chi connectivity index (χ1n) is 5.40. The lowest BCUT2D eigenvalue weighted by atomic mass is 9.99. The van der Waals surface area contributed by atoms with Gasteiger partial charge in [0.15, 0.2) is 10.8 Å². The molecule has 8 heteroatoms. The van der Waals surface area contributed by atoms with E-state index in [9.17, 15) is 10.2 Å². The number of hydrogen-bond acceptors (Lipinski definition) is 6. The molecule has 0 saturated carbocycles. The van der Waals surface area contributed by atoms with E-state index in [1.807, 2.05) is 0 Å². The number of fused-ring (bicyclic) bond motifs is 1. The number of ether oxygens (including phenoxy) is 1. The SMILES string of the molecule is OC[C@]1(O)COC[C@@H]1n1cnc2c(Cl)ncnc21. The lowest BCUT2D eigenvalue weighted by molar-refractivity contribution is -0.0400. The normalized spacial score (nSPS) is 28.1. The van der Waals surface area contributed by atoms with Crippen LogP contribution in [0.1, 0.15) is 6.04 Å². The molecule has 0 unspecified atom stereocenters. The number of hydrogen-bond donors (Lipinski definition) is 2. The first-order chi connectivity index (χ1) is 8.65. The van der Waals surface area contributed by atoms with Crippen molar-refractivity contribution in [2.24, 2.45) is 0 Å². The lowest BCUT2D eigenvalue weighted by Crippen LogP contribution is -2.42. The molecule has 1 aliphatic rings. The lowest BCUT2D eigenvalue weighted by Gasteiger charge is -2.26. The summed E-state index contributed by atoms with van der Waals surface area (Å²) < 4.78 is 6.89. The van der Waals surface area contributed by atoms with Crippen LogP contribution in [0.3, 0.4) is 0 Å². The van der Waals surface area contributed by atoms with Crippen molar-refractivity contribution in [3.05, 3.63) is 17.8 Å². The second-order valence-corrected chi connectivity index (χ2v) is 4.64. The highest BCUT2D eigenvalue weighted by atomic mass is 35.5. The highest BCUT2D eigenvalue weighted by molar-refractivity contribution is 6.33. The van der Waals surface area contributed by atoms with Gasteiger partial charge >= 0.3 is 0 Å². The summed E-state index contributed by atoms with van der Waals surface area (Å²) in [5.74, 6) is 0. The molecule has 2 N–H and O–H groups in total. The Morgan fingerprint density at radius 1 is 1.50 bits per heavy atom. The van der Waals surface area contributed by atoms with E-state index in [0.29, 0.717) is 11.2 Å². The predicted octanol–water partition coefficient (Wildman–Crippen LogP) is -0.226. The average molecular weight is 271 g/mol. The largest absolute Gasteiger partial charge is 0.393 e. The highest BCUT2D eigenvalue weighted by Crippen LogP contribution is 2.32. The van der Waals surface area contributed by atoms with Gasteiger partial charge in [0.25, 0.3) is 0 Å². The van der Waals surface area contributed by atoms with Crippen molar-refractivity contribution in [2.75, 3.05) is 19.8 Å². The van der Waals surface area contributed by atoms with Gasteiger partial charge in [0.05, 0.1) is 32.2 Å². The Morgan fingerprint density at radius 3 is 3.11 bits per heavy atom. The third kappa shape index (κ3) is 1.59. The summed E-state index contributed by atoms with van der Waals surface area (Å²) in [5.41, 5.74) is -0.353. The number of rotatable bonds is 2. The minimum Gasteiger partial charge on any atom is -0.393 e.